The van der Waals surface area contributed by atoms with E-state index in [-0.39, 0.29) is 0 Å². The predicted octanol–water partition coefficient (Wildman–Crippen LogP) is 5.19. The Balaban J connectivity index is 0.000000240. The maximum atomic E-state index is 3.55. The number of nitrogens with zero attached hydrogens (tertiary/aromatic N) is 1. The Hall–Kier alpha value is -1.60. The molecule has 0 spiro atoms. The Labute approximate surface area is 130 Å². The molecule has 0 atom stereocenters. The lowest BCUT2D eigenvalue weighted by Crippen LogP contribution is -2.29. The Morgan fingerprint density at radius 3 is 2.33 bits per heavy atom. The summed E-state index contributed by atoms with van der Waals surface area (Å²) in [4.78, 5) is 2.42. The monoisotopic (exact) mass is 283 g/mol. The second-order valence-electron chi connectivity index (χ2n) is 5.62. The largest absolute Gasteiger partial charge is 0.306 e. The molecule has 1 saturated heterocycles. The van der Waals surface area contributed by atoms with Crippen LogP contribution in [0.15, 0.2) is 66.8 Å². The van der Waals surface area contributed by atoms with Crippen molar-refractivity contribution in [2.24, 2.45) is 0 Å². The summed E-state index contributed by atoms with van der Waals surface area (Å²) in [6, 6.07) is 10.9. The molecule has 0 amide bonds. The smallest absolute Gasteiger partial charge is 0.00159 e. The minimum absolute atomic E-state index is 0.803. The summed E-state index contributed by atoms with van der Waals surface area (Å²) in [6.07, 6.45) is 10.4. The zero-order valence-corrected chi connectivity index (χ0v) is 13.8. The van der Waals surface area contributed by atoms with Crippen LogP contribution in [0.2, 0.25) is 0 Å². The molecular formula is C20H29N. The topological polar surface area (TPSA) is 3.24 Å². The zero-order valence-electron chi connectivity index (χ0n) is 13.8. The molecule has 2 rings (SSSR count). The molecule has 1 heteroatoms. The summed E-state index contributed by atoms with van der Waals surface area (Å²) >= 11 is 0. The van der Waals surface area contributed by atoms with Crippen LogP contribution >= 0.6 is 0 Å². The van der Waals surface area contributed by atoms with Crippen molar-refractivity contribution in [3.05, 3.63) is 72.4 Å². The summed E-state index contributed by atoms with van der Waals surface area (Å²) in [5, 5.41) is 0. The van der Waals surface area contributed by atoms with Crippen molar-refractivity contribution in [3.8, 4) is 0 Å². The minimum Gasteiger partial charge on any atom is -0.306 e. The van der Waals surface area contributed by atoms with Crippen molar-refractivity contribution in [3.63, 3.8) is 0 Å². The normalized spacial score (nSPS) is 17.4. The first-order valence-electron chi connectivity index (χ1n) is 7.83. The zero-order chi connectivity index (χ0) is 15.5. The first-order valence-corrected chi connectivity index (χ1v) is 7.83. The first kappa shape index (κ1) is 17.5. The number of likely N-dealkylation sites (tertiary alicyclic amines) is 1. The van der Waals surface area contributed by atoms with Crippen LogP contribution in [0.25, 0.3) is 0 Å². The van der Waals surface area contributed by atoms with Gasteiger partial charge in [-0.05, 0) is 58.3 Å². The van der Waals surface area contributed by atoms with E-state index in [2.05, 4.69) is 61.9 Å². The molecular weight excluding hydrogens is 254 g/mol. The maximum absolute atomic E-state index is 3.55. The molecule has 1 aromatic rings. The molecule has 0 bridgehead atoms. The van der Waals surface area contributed by atoms with Crippen LogP contribution in [0.4, 0.5) is 0 Å². The fraction of sp³-hybridized carbons (Fsp3) is 0.400. The summed E-state index contributed by atoms with van der Waals surface area (Å²) in [6.45, 7) is 10.1. The molecule has 1 heterocycles. The van der Waals surface area contributed by atoms with E-state index < -0.39 is 0 Å². The highest BCUT2D eigenvalue weighted by atomic mass is 15.1. The number of piperidine rings is 1. The molecule has 114 valence electrons. The van der Waals surface area contributed by atoms with Crippen LogP contribution in [0.3, 0.4) is 0 Å². The average Bonchev–Trinajstić information content (AvgIpc) is 2.54. The Kier molecular flexibility index (Phi) is 8.45. The fourth-order valence-corrected chi connectivity index (χ4v) is 2.38. The van der Waals surface area contributed by atoms with Crippen molar-refractivity contribution in [2.75, 3.05) is 20.1 Å². The molecule has 1 aliphatic heterocycles. The van der Waals surface area contributed by atoms with Gasteiger partial charge in [0.1, 0.15) is 0 Å². The molecule has 0 aliphatic carbocycles. The van der Waals surface area contributed by atoms with E-state index in [0.29, 0.717) is 0 Å². The van der Waals surface area contributed by atoms with Crippen molar-refractivity contribution in [2.45, 2.75) is 32.6 Å². The Morgan fingerprint density at radius 1 is 1.19 bits per heavy atom. The highest BCUT2D eigenvalue weighted by Gasteiger charge is 2.17. The van der Waals surface area contributed by atoms with Crippen LogP contribution in [-0.4, -0.2) is 25.0 Å². The average molecular weight is 283 g/mol. The lowest BCUT2D eigenvalue weighted by Gasteiger charge is -2.29. The number of rotatable bonds is 3. The van der Waals surface area contributed by atoms with Crippen LogP contribution in [0, 0.1) is 0 Å². The third-order valence-corrected chi connectivity index (χ3v) is 3.94. The van der Waals surface area contributed by atoms with E-state index in [1.165, 1.54) is 37.1 Å². The molecule has 0 aromatic heterocycles. The number of benzene rings is 1. The Bertz CT molecular complexity index is 448. The first-order chi connectivity index (χ1) is 10.2. The van der Waals surface area contributed by atoms with Crippen molar-refractivity contribution in [1.82, 2.24) is 4.90 Å². The van der Waals surface area contributed by atoms with Crippen LogP contribution in [-0.2, 0) is 0 Å². The van der Waals surface area contributed by atoms with E-state index in [1.54, 1.807) is 6.08 Å². The van der Waals surface area contributed by atoms with Crippen molar-refractivity contribution in [1.29, 1.82) is 0 Å². The van der Waals surface area contributed by atoms with Crippen LogP contribution in [0.1, 0.15) is 38.2 Å². The molecule has 0 saturated carbocycles. The standard InChI is InChI=1S/C12H17N.C8H12/c1-13-9-7-12(8-10-13)11-5-3-2-4-6-11;1-4-6-7-8(3)5-2/h2-6,12H,7-10H2,1H3;4-7H,1H2,2-3H3/b;7-6-,8-5-. The van der Waals surface area contributed by atoms with Gasteiger partial charge in [0.25, 0.3) is 0 Å². The Morgan fingerprint density at radius 2 is 1.81 bits per heavy atom. The summed E-state index contributed by atoms with van der Waals surface area (Å²) in [5.41, 5.74) is 2.79. The summed E-state index contributed by atoms with van der Waals surface area (Å²) in [5.74, 6) is 0.803. The van der Waals surface area contributed by atoms with Gasteiger partial charge < -0.3 is 4.90 Å². The number of hydrogen-bond donors (Lipinski definition) is 0. The highest BCUT2D eigenvalue weighted by molar-refractivity contribution is 5.20. The predicted molar refractivity (Wildman–Crippen MR) is 94.7 cm³/mol. The molecule has 1 nitrogen and oxygen atoms in total. The van der Waals surface area contributed by atoms with Gasteiger partial charge in [0, 0.05) is 0 Å². The van der Waals surface area contributed by atoms with Gasteiger partial charge in [-0.1, -0.05) is 66.8 Å². The van der Waals surface area contributed by atoms with Crippen LogP contribution < -0.4 is 0 Å². The van der Waals surface area contributed by atoms with Gasteiger partial charge >= 0.3 is 0 Å². The molecule has 1 aromatic carbocycles. The van der Waals surface area contributed by atoms with Gasteiger partial charge in [-0.2, -0.15) is 0 Å². The second-order valence-corrected chi connectivity index (χ2v) is 5.62. The van der Waals surface area contributed by atoms with Gasteiger partial charge in [0.2, 0.25) is 0 Å². The molecule has 1 fully saturated rings. The second kappa shape index (κ2) is 10.2. The number of allylic oxidation sites excluding steroid dienone is 5. The van der Waals surface area contributed by atoms with Gasteiger partial charge in [-0.15, -0.1) is 0 Å². The molecule has 21 heavy (non-hydrogen) atoms. The van der Waals surface area contributed by atoms with E-state index in [9.17, 15) is 0 Å². The summed E-state index contributed by atoms with van der Waals surface area (Å²) in [7, 11) is 2.21. The minimum atomic E-state index is 0.803. The van der Waals surface area contributed by atoms with E-state index >= 15 is 0 Å². The number of hydrogen-bond acceptors (Lipinski definition) is 1. The van der Waals surface area contributed by atoms with Gasteiger partial charge in [-0.25, -0.2) is 0 Å². The van der Waals surface area contributed by atoms with E-state index in [4.69, 9.17) is 0 Å². The molecule has 0 N–H and O–H groups in total. The highest BCUT2D eigenvalue weighted by Crippen LogP contribution is 2.26. The van der Waals surface area contributed by atoms with Gasteiger partial charge in [0.15, 0.2) is 0 Å². The van der Waals surface area contributed by atoms with E-state index in [1.807, 2.05) is 19.1 Å². The summed E-state index contributed by atoms with van der Waals surface area (Å²) < 4.78 is 0. The van der Waals surface area contributed by atoms with Crippen molar-refractivity contribution >= 4 is 0 Å². The SMILES string of the molecule is C=C/C=C\C(C)=C/C.CN1CCC(c2ccccc2)CC1. The maximum Gasteiger partial charge on any atom is -0.00159 e. The molecule has 0 unspecified atom stereocenters. The van der Waals surface area contributed by atoms with Crippen molar-refractivity contribution < 1.29 is 0 Å². The van der Waals surface area contributed by atoms with Crippen LogP contribution in [0.5, 0.6) is 0 Å². The van der Waals surface area contributed by atoms with E-state index in [0.717, 1.165) is 5.92 Å². The fourth-order valence-electron chi connectivity index (χ4n) is 2.38. The lowest BCUT2D eigenvalue weighted by atomic mass is 9.90. The van der Waals surface area contributed by atoms with Gasteiger partial charge in [0.05, 0.1) is 0 Å². The third-order valence-electron chi connectivity index (χ3n) is 3.94. The lowest BCUT2D eigenvalue weighted by molar-refractivity contribution is 0.255. The molecule has 0 radical (unpaired) electrons. The quantitative estimate of drug-likeness (QED) is 0.690. The molecule has 1 aliphatic rings. The van der Waals surface area contributed by atoms with Gasteiger partial charge in [-0.3, -0.25) is 0 Å². The third kappa shape index (κ3) is 7.10.